The van der Waals surface area contributed by atoms with Crippen LogP contribution in [0.2, 0.25) is 0 Å². The summed E-state index contributed by atoms with van der Waals surface area (Å²) in [5.74, 6) is 2.85. The lowest BCUT2D eigenvalue weighted by atomic mass is 10.1. The van der Waals surface area contributed by atoms with Gasteiger partial charge in [0.1, 0.15) is 17.6 Å². The van der Waals surface area contributed by atoms with Crippen molar-refractivity contribution < 1.29 is 9.47 Å². The van der Waals surface area contributed by atoms with Crippen LogP contribution in [0.1, 0.15) is 18.4 Å². The van der Waals surface area contributed by atoms with E-state index in [1.54, 1.807) is 7.11 Å². The Morgan fingerprint density at radius 3 is 2.48 bits per heavy atom. The lowest BCUT2D eigenvalue weighted by Gasteiger charge is -2.34. The van der Waals surface area contributed by atoms with Crippen LogP contribution in [0.3, 0.4) is 0 Å². The van der Waals surface area contributed by atoms with Crippen LogP contribution in [-0.2, 0) is 6.42 Å². The van der Waals surface area contributed by atoms with Gasteiger partial charge in [0.15, 0.2) is 5.96 Å². The van der Waals surface area contributed by atoms with Crippen molar-refractivity contribution in [2.45, 2.75) is 25.4 Å². The van der Waals surface area contributed by atoms with Crippen molar-refractivity contribution in [1.29, 1.82) is 0 Å². The molecule has 0 atom stereocenters. The Hall–Kier alpha value is -2.69. The van der Waals surface area contributed by atoms with Crippen molar-refractivity contribution in [3.05, 3.63) is 60.2 Å². The first kappa shape index (κ1) is 19.1. The van der Waals surface area contributed by atoms with Gasteiger partial charge in [-0.05, 0) is 30.2 Å². The van der Waals surface area contributed by atoms with Crippen LogP contribution in [0, 0.1) is 0 Å². The highest BCUT2D eigenvalue weighted by Gasteiger charge is 2.22. The third-order valence-electron chi connectivity index (χ3n) is 4.87. The summed E-state index contributed by atoms with van der Waals surface area (Å²) in [5, 5.41) is 3.48. The first-order valence-corrected chi connectivity index (χ1v) is 9.59. The Kier molecular flexibility index (Phi) is 6.97. The number of methoxy groups -OCH3 is 1. The fourth-order valence-corrected chi connectivity index (χ4v) is 3.43. The van der Waals surface area contributed by atoms with Gasteiger partial charge in [-0.25, -0.2) is 0 Å². The quantitative estimate of drug-likeness (QED) is 0.628. The molecule has 1 fully saturated rings. The predicted octanol–water partition coefficient (Wildman–Crippen LogP) is 3.36. The molecule has 0 saturated carbocycles. The Morgan fingerprint density at radius 1 is 1.07 bits per heavy atom. The van der Waals surface area contributed by atoms with E-state index in [-0.39, 0.29) is 6.10 Å². The van der Waals surface area contributed by atoms with Crippen LogP contribution in [0.25, 0.3) is 0 Å². The van der Waals surface area contributed by atoms with E-state index in [4.69, 9.17) is 9.47 Å². The minimum Gasteiger partial charge on any atom is -0.496 e. The van der Waals surface area contributed by atoms with Gasteiger partial charge in [-0.15, -0.1) is 0 Å². The van der Waals surface area contributed by atoms with E-state index in [0.29, 0.717) is 0 Å². The van der Waals surface area contributed by atoms with Crippen LogP contribution in [0.15, 0.2) is 59.6 Å². The number of ether oxygens (including phenoxy) is 2. The van der Waals surface area contributed by atoms with Gasteiger partial charge in [-0.1, -0.05) is 36.4 Å². The molecule has 27 heavy (non-hydrogen) atoms. The average molecular weight is 367 g/mol. The number of likely N-dealkylation sites (tertiary alicyclic amines) is 1. The fraction of sp³-hybridized carbons (Fsp3) is 0.409. The summed E-state index contributed by atoms with van der Waals surface area (Å²) in [5.41, 5.74) is 1.21. The Labute approximate surface area is 162 Å². The molecular weight excluding hydrogens is 338 g/mol. The molecular formula is C22H29N3O2. The van der Waals surface area contributed by atoms with Crippen molar-refractivity contribution in [3.63, 3.8) is 0 Å². The minimum absolute atomic E-state index is 0.273. The van der Waals surface area contributed by atoms with Crippen molar-refractivity contribution in [2.75, 3.05) is 33.8 Å². The second kappa shape index (κ2) is 9.86. The van der Waals surface area contributed by atoms with E-state index >= 15 is 0 Å². The highest BCUT2D eigenvalue weighted by molar-refractivity contribution is 5.80. The van der Waals surface area contributed by atoms with Gasteiger partial charge in [0.25, 0.3) is 0 Å². The van der Waals surface area contributed by atoms with E-state index in [1.165, 1.54) is 5.56 Å². The first-order chi connectivity index (χ1) is 13.3. The predicted molar refractivity (Wildman–Crippen MR) is 110 cm³/mol. The summed E-state index contributed by atoms with van der Waals surface area (Å²) in [6.07, 6.45) is 3.18. The number of rotatable bonds is 6. The molecule has 3 rings (SSSR count). The van der Waals surface area contributed by atoms with Gasteiger partial charge in [-0.3, -0.25) is 4.99 Å². The highest BCUT2D eigenvalue weighted by atomic mass is 16.5. The van der Waals surface area contributed by atoms with E-state index in [9.17, 15) is 0 Å². The molecule has 1 heterocycles. The van der Waals surface area contributed by atoms with Crippen molar-refractivity contribution in [2.24, 2.45) is 4.99 Å². The smallest absolute Gasteiger partial charge is 0.193 e. The van der Waals surface area contributed by atoms with Crippen LogP contribution in [0.5, 0.6) is 11.5 Å². The summed E-state index contributed by atoms with van der Waals surface area (Å²) in [7, 11) is 3.56. The molecule has 5 nitrogen and oxygen atoms in total. The first-order valence-electron chi connectivity index (χ1n) is 9.59. The molecule has 0 amide bonds. The van der Waals surface area contributed by atoms with Gasteiger partial charge in [-0.2, -0.15) is 0 Å². The van der Waals surface area contributed by atoms with E-state index in [2.05, 4.69) is 21.3 Å². The van der Waals surface area contributed by atoms with E-state index in [0.717, 1.165) is 56.4 Å². The zero-order chi connectivity index (χ0) is 18.9. The molecule has 0 aliphatic carbocycles. The number of nitrogens with one attached hydrogen (secondary N) is 1. The van der Waals surface area contributed by atoms with Gasteiger partial charge in [0, 0.05) is 39.5 Å². The van der Waals surface area contributed by atoms with Crippen LogP contribution >= 0.6 is 0 Å². The molecule has 0 aromatic heterocycles. The van der Waals surface area contributed by atoms with Gasteiger partial charge in [0.05, 0.1) is 7.11 Å². The molecule has 2 aromatic rings. The maximum atomic E-state index is 6.08. The van der Waals surface area contributed by atoms with Crippen LogP contribution < -0.4 is 14.8 Å². The van der Waals surface area contributed by atoms with E-state index in [1.807, 2.05) is 55.6 Å². The molecule has 0 bridgehead atoms. The molecule has 1 N–H and O–H groups in total. The number of para-hydroxylation sites is 2. The summed E-state index contributed by atoms with van der Waals surface area (Å²) in [6, 6.07) is 18.2. The number of hydrogen-bond donors (Lipinski definition) is 1. The number of nitrogens with zero attached hydrogens (tertiary/aromatic N) is 2. The summed E-state index contributed by atoms with van der Waals surface area (Å²) < 4.78 is 11.5. The number of benzene rings is 2. The summed E-state index contributed by atoms with van der Waals surface area (Å²) >= 11 is 0. The van der Waals surface area contributed by atoms with Gasteiger partial charge < -0.3 is 19.7 Å². The van der Waals surface area contributed by atoms with Crippen molar-refractivity contribution >= 4 is 5.96 Å². The molecule has 1 aliphatic rings. The molecule has 0 radical (unpaired) electrons. The SMILES string of the molecule is CN=C(NCCc1ccccc1OC)N1CCC(Oc2ccccc2)CC1. The average Bonchev–Trinajstić information content (AvgIpc) is 2.73. The minimum atomic E-state index is 0.273. The third-order valence-corrected chi connectivity index (χ3v) is 4.87. The molecule has 2 aromatic carbocycles. The van der Waals surface area contributed by atoms with Crippen molar-refractivity contribution in [1.82, 2.24) is 10.2 Å². The van der Waals surface area contributed by atoms with Crippen molar-refractivity contribution in [3.8, 4) is 11.5 Å². The zero-order valence-electron chi connectivity index (χ0n) is 16.2. The normalized spacial score (nSPS) is 15.5. The highest BCUT2D eigenvalue weighted by Crippen LogP contribution is 2.19. The third kappa shape index (κ3) is 5.39. The second-order valence-corrected chi connectivity index (χ2v) is 6.65. The molecule has 1 saturated heterocycles. The molecule has 5 heteroatoms. The lowest BCUT2D eigenvalue weighted by molar-refractivity contribution is 0.129. The lowest BCUT2D eigenvalue weighted by Crippen LogP contribution is -2.47. The standard InChI is InChI=1S/C22H29N3O2/c1-23-22(24-15-12-18-8-6-7-11-21(18)26-2)25-16-13-20(14-17-25)27-19-9-4-3-5-10-19/h3-11,20H,12-17H2,1-2H3,(H,23,24). The zero-order valence-corrected chi connectivity index (χ0v) is 16.2. The Balaban J connectivity index is 1.45. The largest absolute Gasteiger partial charge is 0.496 e. The molecule has 144 valence electrons. The Morgan fingerprint density at radius 2 is 1.78 bits per heavy atom. The number of guanidine groups is 1. The fourth-order valence-electron chi connectivity index (χ4n) is 3.43. The maximum Gasteiger partial charge on any atom is 0.193 e. The summed E-state index contributed by atoms with van der Waals surface area (Å²) in [6.45, 7) is 2.73. The number of aliphatic imine (C=N–C) groups is 1. The monoisotopic (exact) mass is 367 g/mol. The second-order valence-electron chi connectivity index (χ2n) is 6.65. The summed E-state index contributed by atoms with van der Waals surface area (Å²) in [4.78, 5) is 6.77. The van der Waals surface area contributed by atoms with Gasteiger partial charge in [0.2, 0.25) is 0 Å². The van der Waals surface area contributed by atoms with Crippen LogP contribution in [-0.4, -0.2) is 50.8 Å². The number of piperidine rings is 1. The Bertz CT molecular complexity index is 725. The maximum absolute atomic E-state index is 6.08. The molecule has 0 spiro atoms. The molecule has 1 aliphatic heterocycles. The van der Waals surface area contributed by atoms with Gasteiger partial charge >= 0.3 is 0 Å². The topological polar surface area (TPSA) is 46.1 Å². The number of hydrogen-bond acceptors (Lipinski definition) is 3. The van der Waals surface area contributed by atoms with Crippen LogP contribution in [0.4, 0.5) is 0 Å². The van der Waals surface area contributed by atoms with E-state index < -0.39 is 0 Å². The molecule has 0 unspecified atom stereocenters.